The van der Waals surface area contributed by atoms with Crippen LogP contribution in [0.15, 0.2) is 115 Å². The van der Waals surface area contributed by atoms with E-state index in [9.17, 15) is 14.4 Å². The predicted molar refractivity (Wildman–Crippen MR) is 179 cm³/mol. The summed E-state index contributed by atoms with van der Waals surface area (Å²) in [5, 5.41) is 0. The van der Waals surface area contributed by atoms with Gasteiger partial charge in [-0.2, -0.15) is 0 Å². The molecule has 1 fully saturated rings. The summed E-state index contributed by atoms with van der Waals surface area (Å²) >= 11 is 0. The van der Waals surface area contributed by atoms with Gasteiger partial charge in [0.2, 0.25) is 6.29 Å². The minimum atomic E-state index is -1.34. The summed E-state index contributed by atoms with van der Waals surface area (Å²) in [6.07, 6.45) is -3.06. The quantitative estimate of drug-likeness (QED) is 0.0733. The maximum absolute atomic E-state index is 13.7. The normalized spacial score (nSPS) is 20.1. The predicted octanol–water partition coefficient (Wildman–Crippen LogP) is 7.17. The molecule has 0 saturated carbocycles. The van der Waals surface area contributed by atoms with Gasteiger partial charge in [0, 0.05) is 12.0 Å². The van der Waals surface area contributed by atoms with Crippen LogP contribution in [0.5, 0.6) is 0 Å². The van der Waals surface area contributed by atoms with E-state index < -0.39 is 48.6 Å². The van der Waals surface area contributed by atoms with E-state index in [0.29, 0.717) is 17.5 Å². The molecule has 4 aromatic rings. The number of esters is 3. The zero-order valence-electron chi connectivity index (χ0n) is 27.0. The second kappa shape index (κ2) is 17.1. The number of carbonyl (C=O) groups is 3. The molecule has 0 aromatic heterocycles. The molecule has 246 valence electrons. The van der Waals surface area contributed by atoms with Gasteiger partial charge in [0.1, 0.15) is 0 Å². The van der Waals surface area contributed by atoms with Crippen LogP contribution in [0.3, 0.4) is 0 Å². The average molecular weight is 647 g/mol. The van der Waals surface area contributed by atoms with Crippen molar-refractivity contribution in [1.29, 1.82) is 0 Å². The lowest BCUT2D eigenvalue weighted by Crippen LogP contribution is -2.61. The van der Waals surface area contributed by atoms with Crippen molar-refractivity contribution in [3.63, 3.8) is 0 Å². The molecule has 0 amide bonds. The standard InChI is InChI=1S/C40H38O8/c1-3-4-5-11-20-30-21-16-17-26-33(30)39(43)48-40-36(44-27-29-18-9-6-10-19-29)35(47-38(42)32-24-14-8-15-25-32)34(28(2)45-40)46-37(41)31-22-12-7-13-23-31/h6-10,12-19,21-26,28,34-36,40H,3-5,27H2,1-2H3/t28-,34-,35-,36+,40+/m0/s1. The molecule has 0 spiro atoms. The number of hydrogen-bond donors (Lipinski definition) is 0. The lowest BCUT2D eigenvalue weighted by Gasteiger charge is -2.43. The van der Waals surface area contributed by atoms with Crippen molar-refractivity contribution in [1.82, 2.24) is 0 Å². The fourth-order valence-corrected chi connectivity index (χ4v) is 5.20. The largest absolute Gasteiger partial charge is 0.452 e. The molecule has 0 bridgehead atoms. The molecule has 4 aromatic carbocycles. The van der Waals surface area contributed by atoms with Crippen molar-refractivity contribution in [3.8, 4) is 11.8 Å². The Morgan fingerprint density at radius 1 is 0.667 bits per heavy atom. The first kappa shape index (κ1) is 34.1. The zero-order chi connectivity index (χ0) is 33.7. The fourth-order valence-electron chi connectivity index (χ4n) is 5.20. The van der Waals surface area contributed by atoms with Crippen LogP contribution in [0.25, 0.3) is 0 Å². The number of carbonyl (C=O) groups excluding carboxylic acids is 3. The van der Waals surface area contributed by atoms with E-state index in [1.54, 1.807) is 91.9 Å². The molecule has 0 unspecified atom stereocenters. The highest BCUT2D eigenvalue weighted by atomic mass is 16.7. The summed E-state index contributed by atoms with van der Waals surface area (Å²) < 4.78 is 30.6. The molecule has 8 heteroatoms. The number of hydrogen-bond acceptors (Lipinski definition) is 8. The first-order valence-electron chi connectivity index (χ1n) is 16.1. The monoisotopic (exact) mass is 646 g/mol. The van der Waals surface area contributed by atoms with Crippen molar-refractivity contribution in [2.24, 2.45) is 0 Å². The summed E-state index contributed by atoms with van der Waals surface area (Å²) in [6, 6.07) is 33.2. The highest BCUT2D eigenvalue weighted by Crippen LogP contribution is 2.31. The van der Waals surface area contributed by atoms with Crippen LogP contribution in [0.4, 0.5) is 0 Å². The lowest BCUT2D eigenvalue weighted by molar-refractivity contribution is -0.287. The van der Waals surface area contributed by atoms with Crippen LogP contribution in [-0.2, 0) is 30.3 Å². The van der Waals surface area contributed by atoms with Gasteiger partial charge in [-0.15, -0.1) is 0 Å². The van der Waals surface area contributed by atoms with Gasteiger partial charge in [-0.05, 0) is 55.3 Å². The minimum absolute atomic E-state index is 0.0650. The van der Waals surface area contributed by atoms with Gasteiger partial charge in [-0.1, -0.05) is 104 Å². The van der Waals surface area contributed by atoms with E-state index in [0.717, 1.165) is 18.4 Å². The molecule has 0 radical (unpaired) electrons. The maximum Gasteiger partial charge on any atom is 0.341 e. The van der Waals surface area contributed by atoms with Crippen LogP contribution < -0.4 is 0 Å². The van der Waals surface area contributed by atoms with Gasteiger partial charge in [-0.3, -0.25) is 0 Å². The van der Waals surface area contributed by atoms with Crippen LogP contribution in [0.2, 0.25) is 0 Å². The van der Waals surface area contributed by atoms with E-state index in [1.165, 1.54) is 0 Å². The Kier molecular flexibility index (Phi) is 12.1. The third-order valence-electron chi connectivity index (χ3n) is 7.77. The van der Waals surface area contributed by atoms with Gasteiger partial charge in [-0.25, -0.2) is 14.4 Å². The topological polar surface area (TPSA) is 97.4 Å². The Balaban J connectivity index is 1.48. The molecule has 1 aliphatic rings. The van der Waals surface area contributed by atoms with Gasteiger partial charge < -0.3 is 23.7 Å². The highest BCUT2D eigenvalue weighted by Gasteiger charge is 2.51. The second-order valence-electron chi connectivity index (χ2n) is 11.3. The lowest BCUT2D eigenvalue weighted by atomic mass is 9.98. The van der Waals surface area contributed by atoms with Crippen molar-refractivity contribution >= 4 is 17.9 Å². The Morgan fingerprint density at radius 2 is 1.23 bits per heavy atom. The Hall–Kier alpha value is -5.23. The molecular formula is C40H38O8. The van der Waals surface area contributed by atoms with Gasteiger partial charge in [0.15, 0.2) is 18.3 Å². The van der Waals surface area contributed by atoms with Crippen molar-refractivity contribution in [2.75, 3.05) is 0 Å². The second-order valence-corrected chi connectivity index (χ2v) is 11.3. The Morgan fingerprint density at radius 3 is 1.85 bits per heavy atom. The van der Waals surface area contributed by atoms with Gasteiger partial charge in [0.05, 0.1) is 29.4 Å². The van der Waals surface area contributed by atoms with E-state index in [-0.39, 0.29) is 17.7 Å². The molecule has 5 rings (SSSR count). The van der Waals surface area contributed by atoms with E-state index in [2.05, 4.69) is 18.8 Å². The molecule has 1 heterocycles. The van der Waals surface area contributed by atoms with Crippen LogP contribution >= 0.6 is 0 Å². The summed E-state index contributed by atoms with van der Waals surface area (Å²) in [6.45, 7) is 3.81. The van der Waals surface area contributed by atoms with Crippen molar-refractivity contribution in [3.05, 3.63) is 143 Å². The molecule has 0 N–H and O–H groups in total. The Bertz CT molecular complexity index is 1710. The SMILES string of the molecule is CCCCC#Cc1ccccc1C(=O)O[C@H]1O[C@@H](C)[C@H](OC(=O)c2ccccc2)[C@H](OC(=O)c2ccccc2)[C@H]1OCc1ccccc1. The van der Waals surface area contributed by atoms with E-state index >= 15 is 0 Å². The van der Waals surface area contributed by atoms with Crippen LogP contribution in [0, 0.1) is 11.8 Å². The van der Waals surface area contributed by atoms with Crippen molar-refractivity contribution < 1.29 is 38.1 Å². The number of rotatable bonds is 11. The fraction of sp³-hybridized carbons (Fsp3) is 0.275. The summed E-state index contributed by atoms with van der Waals surface area (Å²) in [7, 11) is 0. The first-order valence-corrected chi connectivity index (χ1v) is 16.1. The molecule has 0 aliphatic carbocycles. The van der Waals surface area contributed by atoms with Crippen LogP contribution in [0.1, 0.15) is 75.3 Å². The Labute approximate surface area is 280 Å². The molecule has 8 nitrogen and oxygen atoms in total. The molecule has 1 aliphatic heterocycles. The number of ether oxygens (including phenoxy) is 5. The third kappa shape index (κ3) is 8.97. The number of benzene rings is 4. The molecule has 1 saturated heterocycles. The highest BCUT2D eigenvalue weighted by molar-refractivity contribution is 5.92. The van der Waals surface area contributed by atoms with E-state index in [4.69, 9.17) is 23.7 Å². The minimum Gasteiger partial charge on any atom is -0.452 e. The maximum atomic E-state index is 13.7. The molecular weight excluding hydrogens is 608 g/mol. The molecule has 5 atom stereocenters. The number of unbranched alkanes of at least 4 members (excludes halogenated alkanes) is 2. The smallest absolute Gasteiger partial charge is 0.341 e. The average Bonchev–Trinajstić information content (AvgIpc) is 3.12. The van der Waals surface area contributed by atoms with Gasteiger partial charge >= 0.3 is 17.9 Å². The van der Waals surface area contributed by atoms with E-state index in [1.807, 2.05) is 30.3 Å². The summed E-state index contributed by atoms with van der Waals surface area (Å²) in [4.78, 5) is 40.5. The first-order chi connectivity index (χ1) is 23.4. The summed E-state index contributed by atoms with van der Waals surface area (Å²) in [5.74, 6) is 4.21. The summed E-state index contributed by atoms with van der Waals surface area (Å²) in [5.41, 5.74) is 2.20. The zero-order valence-corrected chi connectivity index (χ0v) is 27.0. The molecule has 48 heavy (non-hydrogen) atoms. The van der Waals surface area contributed by atoms with Gasteiger partial charge in [0.25, 0.3) is 0 Å². The van der Waals surface area contributed by atoms with Crippen LogP contribution in [-0.4, -0.2) is 48.6 Å². The van der Waals surface area contributed by atoms with Crippen molar-refractivity contribution in [2.45, 2.75) is 70.4 Å². The third-order valence-corrected chi connectivity index (χ3v) is 7.77.